The van der Waals surface area contributed by atoms with Crippen molar-refractivity contribution in [2.45, 2.75) is 52.4 Å². The van der Waals surface area contributed by atoms with Crippen LogP contribution in [0.1, 0.15) is 52.4 Å². The molecule has 0 radical (unpaired) electrons. The number of ketones is 3. The van der Waals surface area contributed by atoms with Crippen molar-refractivity contribution in [3.05, 3.63) is 0 Å². The summed E-state index contributed by atoms with van der Waals surface area (Å²) in [4.78, 5) is 34.5. The zero-order chi connectivity index (χ0) is 11.5. The fraction of sp³-hybridized carbons (Fsp3) is 0.750. The van der Waals surface area contributed by atoms with E-state index in [0.717, 1.165) is 6.42 Å². The predicted octanol–water partition coefficient (Wildman–Crippen LogP) is 2.07. The van der Waals surface area contributed by atoms with Gasteiger partial charge >= 0.3 is 0 Å². The Morgan fingerprint density at radius 2 is 2.07 bits per heavy atom. The zero-order valence-corrected chi connectivity index (χ0v) is 9.47. The Morgan fingerprint density at radius 3 is 2.47 bits per heavy atom. The minimum absolute atomic E-state index is 0.0197. The van der Waals surface area contributed by atoms with Crippen molar-refractivity contribution in [2.75, 3.05) is 0 Å². The summed E-state index contributed by atoms with van der Waals surface area (Å²) in [5, 5.41) is 0. The number of carbonyl (C=O) groups is 3. The van der Waals surface area contributed by atoms with Crippen molar-refractivity contribution in [1.82, 2.24) is 0 Å². The molecule has 0 aromatic rings. The highest BCUT2D eigenvalue weighted by Gasteiger charge is 2.46. The van der Waals surface area contributed by atoms with Crippen LogP contribution in [0.15, 0.2) is 0 Å². The third kappa shape index (κ3) is 2.33. The maximum Gasteiger partial charge on any atom is 0.146 e. The lowest BCUT2D eigenvalue weighted by atomic mass is 9.75. The van der Waals surface area contributed by atoms with E-state index >= 15 is 0 Å². The van der Waals surface area contributed by atoms with Gasteiger partial charge in [0, 0.05) is 19.3 Å². The van der Waals surface area contributed by atoms with Crippen LogP contribution in [-0.4, -0.2) is 17.3 Å². The van der Waals surface area contributed by atoms with Gasteiger partial charge in [0.1, 0.15) is 17.3 Å². The van der Waals surface area contributed by atoms with E-state index in [9.17, 15) is 14.4 Å². The molecule has 1 atom stereocenters. The molecule has 84 valence electrons. The smallest absolute Gasteiger partial charge is 0.146 e. The zero-order valence-electron chi connectivity index (χ0n) is 9.47. The van der Waals surface area contributed by atoms with Gasteiger partial charge < -0.3 is 4.79 Å². The highest BCUT2D eigenvalue weighted by molar-refractivity contribution is 6.08. The third-order valence-corrected chi connectivity index (χ3v) is 3.30. The van der Waals surface area contributed by atoms with Crippen molar-refractivity contribution in [3.8, 4) is 0 Å². The Labute approximate surface area is 90.2 Å². The molecule has 0 aromatic heterocycles. The van der Waals surface area contributed by atoms with Crippen LogP contribution in [-0.2, 0) is 14.4 Å². The summed E-state index contributed by atoms with van der Waals surface area (Å²) in [6.45, 7) is 3.28. The summed E-state index contributed by atoms with van der Waals surface area (Å²) in [5.41, 5.74) is -0.805. The molecule has 0 amide bonds. The van der Waals surface area contributed by atoms with E-state index < -0.39 is 5.41 Å². The van der Waals surface area contributed by atoms with Gasteiger partial charge in [-0.15, -0.1) is 0 Å². The maximum absolute atomic E-state index is 11.8. The second-order valence-electron chi connectivity index (χ2n) is 4.34. The summed E-state index contributed by atoms with van der Waals surface area (Å²) in [5.74, 6) is 0.125. The van der Waals surface area contributed by atoms with Gasteiger partial charge in [0.25, 0.3) is 0 Å². The first-order valence-corrected chi connectivity index (χ1v) is 5.59. The molecule has 15 heavy (non-hydrogen) atoms. The average Bonchev–Trinajstić information content (AvgIpc) is 2.57. The highest BCUT2D eigenvalue weighted by Crippen LogP contribution is 2.40. The quantitative estimate of drug-likeness (QED) is 0.653. The van der Waals surface area contributed by atoms with E-state index in [0.29, 0.717) is 32.1 Å². The average molecular weight is 210 g/mol. The van der Waals surface area contributed by atoms with Crippen molar-refractivity contribution < 1.29 is 14.4 Å². The van der Waals surface area contributed by atoms with Gasteiger partial charge in [-0.3, -0.25) is 9.59 Å². The van der Waals surface area contributed by atoms with Crippen LogP contribution in [0.4, 0.5) is 0 Å². The minimum atomic E-state index is -0.805. The molecule has 1 saturated carbocycles. The first-order chi connectivity index (χ1) is 7.03. The lowest BCUT2D eigenvalue weighted by Gasteiger charge is -2.24. The van der Waals surface area contributed by atoms with E-state index in [1.54, 1.807) is 6.92 Å². The maximum atomic E-state index is 11.8. The van der Waals surface area contributed by atoms with E-state index in [4.69, 9.17) is 0 Å². The molecule has 0 heterocycles. The Kier molecular flexibility index (Phi) is 3.77. The van der Waals surface area contributed by atoms with Gasteiger partial charge in [0.2, 0.25) is 0 Å². The lowest BCUT2D eigenvalue weighted by Crippen LogP contribution is -2.35. The molecule has 1 fully saturated rings. The van der Waals surface area contributed by atoms with Gasteiger partial charge in [-0.2, -0.15) is 0 Å². The van der Waals surface area contributed by atoms with Gasteiger partial charge in [0.05, 0.1) is 5.41 Å². The van der Waals surface area contributed by atoms with Crippen molar-refractivity contribution in [3.63, 3.8) is 0 Å². The summed E-state index contributed by atoms with van der Waals surface area (Å²) in [6.07, 6.45) is 3.10. The SMILES string of the molecule is CCC(=O)[C@@]1(CCC(C)=O)CCCC1=O. The topological polar surface area (TPSA) is 51.2 Å². The third-order valence-electron chi connectivity index (χ3n) is 3.30. The normalized spacial score (nSPS) is 25.6. The molecule has 0 aromatic carbocycles. The summed E-state index contributed by atoms with van der Waals surface area (Å²) in [7, 11) is 0. The van der Waals surface area contributed by atoms with Gasteiger partial charge in [-0.05, 0) is 26.2 Å². The van der Waals surface area contributed by atoms with E-state index in [2.05, 4.69) is 0 Å². The molecule has 1 aliphatic rings. The predicted molar refractivity (Wildman–Crippen MR) is 56.5 cm³/mol. The first-order valence-electron chi connectivity index (χ1n) is 5.59. The molecule has 3 nitrogen and oxygen atoms in total. The number of Topliss-reactive ketones (excluding diaryl/α,β-unsaturated/α-hetero) is 3. The molecule has 0 saturated heterocycles. The molecule has 0 spiro atoms. The molecular weight excluding hydrogens is 192 g/mol. The summed E-state index contributed by atoms with van der Waals surface area (Å²) < 4.78 is 0. The first kappa shape index (κ1) is 12.1. The summed E-state index contributed by atoms with van der Waals surface area (Å²) >= 11 is 0. The Balaban J connectivity index is 2.81. The molecule has 0 bridgehead atoms. The fourth-order valence-electron chi connectivity index (χ4n) is 2.36. The number of carbonyl (C=O) groups excluding carboxylic acids is 3. The Hall–Kier alpha value is -0.990. The Bertz CT molecular complexity index is 293. The standard InChI is InChI=1S/C12H18O3/c1-3-10(14)12(8-6-9(2)13)7-4-5-11(12)15/h3-8H2,1-2H3/t12-/m0/s1. The highest BCUT2D eigenvalue weighted by atomic mass is 16.2. The van der Waals surface area contributed by atoms with Crippen LogP contribution in [0.3, 0.4) is 0 Å². The van der Waals surface area contributed by atoms with Crippen LogP contribution in [0, 0.1) is 5.41 Å². The van der Waals surface area contributed by atoms with Crippen molar-refractivity contribution in [1.29, 1.82) is 0 Å². The fourth-order valence-corrected chi connectivity index (χ4v) is 2.36. The summed E-state index contributed by atoms with van der Waals surface area (Å²) in [6, 6.07) is 0. The second kappa shape index (κ2) is 4.69. The van der Waals surface area contributed by atoms with Crippen molar-refractivity contribution in [2.24, 2.45) is 5.41 Å². The monoisotopic (exact) mass is 210 g/mol. The van der Waals surface area contributed by atoms with E-state index in [-0.39, 0.29) is 17.3 Å². The molecule has 0 unspecified atom stereocenters. The van der Waals surface area contributed by atoms with E-state index in [1.807, 2.05) is 0 Å². The minimum Gasteiger partial charge on any atom is -0.300 e. The molecule has 1 rings (SSSR count). The molecule has 1 aliphatic carbocycles. The van der Waals surface area contributed by atoms with Crippen LogP contribution in [0.2, 0.25) is 0 Å². The molecule has 0 N–H and O–H groups in total. The number of rotatable bonds is 5. The Morgan fingerprint density at radius 1 is 1.40 bits per heavy atom. The van der Waals surface area contributed by atoms with Gasteiger partial charge in [-0.25, -0.2) is 0 Å². The van der Waals surface area contributed by atoms with Gasteiger partial charge in [0.15, 0.2) is 0 Å². The second-order valence-corrected chi connectivity index (χ2v) is 4.34. The largest absolute Gasteiger partial charge is 0.300 e. The van der Waals surface area contributed by atoms with Gasteiger partial charge in [-0.1, -0.05) is 6.92 Å². The van der Waals surface area contributed by atoms with Crippen LogP contribution < -0.4 is 0 Å². The van der Waals surface area contributed by atoms with Crippen molar-refractivity contribution >= 4 is 17.3 Å². The molecular formula is C12H18O3. The molecule has 3 heteroatoms. The number of hydrogen-bond donors (Lipinski definition) is 0. The lowest BCUT2D eigenvalue weighted by molar-refractivity contribution is -0.139. The van der Waals surface area contributed by atoms with Crippen LogP contribution in [0.25, 0.3) is 0 Å². The number of hydrogen-bond acceptors (Lipinski definition) is 3. The molecule has 0 aliphatic heterocycles. The van der Waals surface area contributed by atoms with Crippen LogP contribution >= 0.6 is 0 Å². The van der Waals surface area contributed by atoms with E-state index in [1.165, 1.54) is 6.92 Å². The van der Waals surface area contributed by atoms with Crippen LogP contribution in [0.5, 0.6) is 0 Å².